The third-order valence-corrected chi connectivity index (χ3v) is 5.30. The van der Waals surface area contributed by atoms with Gasteiger partial charge in [-0.2, -0.15) is 0 Å². The number of nitrogens with zero attached hydrogens (tertiary/aromatic N) is 1. The molecule has 0 spiro atoms. The first-order valence-electron chi connectivity index (χ1n) is 11.2. The standard InChI is InChI=1S/C26H31NO5/c1-5-7-16-27-23(18-8-12-20(13-9-18)31-6-2)22(25(29)26(27)30)24(28)19-10-14-21(15-11-19)32-17(3)4/h8-15,17,23,28H,5-7,16H2,1-4H3/b24-22-. The molecule has 2 aromatic rings. The Balaban J connectivity index is 2.05. The number of ketones is 1. The molecule has 32 heavy (non-hydrogen) atoms. The van der Waals surface area contributed by atoms with Gasteiger partial charge >= 0.3 is 0 Å². The van der Waals surface area contributed by atoms with Crippen molar-refractivity contribution in [3.05, 3.63) is 65.2 Å². The van der Waals surface area contributed by atoms with E-state index in [1.54, 1.807) is 29.2 Å². The van der Waals surface area contributed by atoms with E-state index in [0.29, 0.717) is 30.2 Å². The fourth-order valence-corrected chi connectivity index (χ4v) is 3.82. The zero-order valence-electron chi connectivity index (χ0n) is 19.1. The van der Waals surface area contributed by atoms with Gasteiger partial charge in [0.1, 0.15) is 17.3 Å². The van der Waals surface area contributed by atoms with Crippen LogP contribution in [0.25, 0.3) is 5.76 Å². The summed E-state index contributed by atoms with van der Waals surface area (Å²) < 4.78 is 11.2. The van der Waals surface area contributed by atoms with E-state index >= 15 is 0 Å². The van der Waals surface area contributed by atoms with Crippen LogP contribution in [0.4, 0.5) is 0 Å². The molecule has 0 bridgehead atoms. The lowest BCUT2D eigenvalue weighted by Gasteiger charge is -2.25. The van der Waals surface area contributed by atoms with Crippen molar-refractivity contribution in [1.82, 2.24) is 4.90 Å². The van der Waals surface area contributed by atoms with Crippen LogP contribution < -0.4 is 9.47 Å². The van der Waals surface area contributed by atoms with Crippen LogP contribution in [0.2, 0.25) is 0 Å². The van der Waals surface area contributed by atoms with Gasteiger partial charge in [0, 0.05) is 12.1 Å². The van der Waals surface area contributed by atoms with Gasteiger partial charge in [0.05, 0.1) is 24.3 Å². The molecular formula is C26H31NO5. The van der Waals surface area contributed by atoms with Gasteiger partial charge in [-0.05, 0) is 69.2 Å². The minimum Gasteiger partial charge on any atom is -0.507 e. The van der Waals surface area contributed by atoms with Gasteiger partial charge in [0.2, 0.25) is 0 Å². The number of amides is 1. The predicted molar refractivity (Wildman–Crippen MR) is 124 cm³/mol. The van der Waals surface area contributed by atoms with E-state index in [9.17, 15) is 14.7 Å². The van der Waals surface area contributed by atoms with E-state index in [2.05, 4.69) is 0 Å². The third kappa shape index (κ3) is 4.96. The van der Waals surface area contributed by atoms with Gasteiger partial charge in [0.25, 0.3) is 11.7 Å². The molecule has 6 nitrogen and oxygen atoms in total. The SMILES string of the molecule is CCCCN1C(=O)C(=O)/C(=C(\O)c2ccc(OC(C)C)cc2)C1c1ccc(OCC)cc1. The van der Waals surface area contributed by atoms with Gasteiger partial charge in [-0.3, -0.25) is 9.59 Å². The topological polar surface area (TPSA) is 76.1 Å². The lowest BCUT2D eigenvalue weighted by atomic mass is 9.95. The second-order valence-corrected chi connectivity index (χ2v) is 8.04. The summed E-state index contributed by atoms with van der Waals surface area (Å²) in [6.07, 6.45) is 1.68. The number of ether oxygens (including phenoxy) is 2. The van der Waals surface area contributed by atoms with Crippen LogP contribution in [0.1, 0.15) is 57.7 Å². The van der Waals surface area contributed by atoms with Gasteiger partial charge in [0.15, 0.2) is 0 Å². The molecule has 1 saturated heterocycles. The summed E-state index contributed by atoms with van der Waals surface area (Å²) in [5.74, 6) is -0.0542. The maximum absolute atomic E-state index is 13.0. The molecule has 1 amide bonds. The van der Waals surface area contributed by atoms with Crippen LogP contribution >= 0.6 is 0 Å². The molecule has 1 N–H and O–H groups in total. The number of hydrogen-bond acceptors (Lipinski definition) is 5. The molecule has 170 valence electrons. The lowest BCUT2D eigenvalue weighted by Crippen LogP contribution is -2.30. The highest BCUT2D eigenvalue weighted by molar-refractivity contribution is 6.46. The number of hydrogen-bond donors (Lipinski definition) is 1. The highest BCUT2D eigenvalue weighted by Crippen LogP contribution is 2.40. The normalized spacial score (nSPS) is 17.8. The quantitative estimate of drug-likeness (QED) is 0.336. The van der Waals surface area contributed by atoms with Crippen LogP contribution in [0.15, 0.2) is 54.1 Å². The van der Waals surface area contributed by atoms with Crippen molar-refractivity contribution in [2.45, 2.75) is 52.7 Å². The summed E-state index contributed by atoms with van der Waals surface area (Å²) >= 11 is 0. The zero-order chi connectivity index (χ0) is 23.3. The molecule has 1 atom stereocenters. The third-order valence-electron chi connectivity index (χ3n) is 5.30. The number of carbonyl (C=O) groups is 2. The molecule has 0 aromatic heterocycles. The molecule has 1 aliphatic heterocycles. The minimum absolute atomic E-state index is 0.0259. The average molecular weight is 438 g/mol. The molecule has 0 saturated carbocycles. The first-order chi connectivity index (χ1) is 15.4. The van der Waals surface area contributed by atoms with Crippen LogP contribution in [0.5, 0.6) is 11.5 Å². The van der Waals surface area contributed by atoms with E-state index in [1.165, 1.54) is 0 Å². The molecule has 1 heterocycles. The smallest absolute Gasteiger partial charge is 0.295 e. The molecule has 3 rings (SSSR count). The van der Waals surface area contributed by atoms with Gasteiger partial charge in [-0.1, -0.05) is 25.5 Å². The number of unbranched alkanes of at least 4 members (excludes halogenated alkanes) is 1. The summed E-state index contributed by atoms with van der Waals surface area (Å²) in [5.41, 5.74) is 1.32. The van der Waals surface area contributed by atoms with E-state index in [4.69, 9.17) is 9.47 Å². The Morgan fingerprint density at radius 3 is 2.19 bits per heavy atom. The lowest BCUT2D eigenvalue weighted by molar-refractivity contribution is -0.139. The van der Waals surface area contributed by atoms with Crippen molar-refractivity contribution in [3.63, 3.8) is 0 Å². The number of likely N-dealkylation sites (tertiary alicyclic amines) is 1. The fraction of sp³-hybridized carbons (Fsp3) is 0.385. The molecule has 6 heteroatoms. The maximum Gasteiger partial charge on any atom is 0.295 e. The Hall–Kier alpha value is -3.28. The summed E-state index contributed by atoms with van der Waals surface area (Å²) in [6, 6.07) is 13.5. The maximum atomic E-state index is 13.0. The number of carbonyl (C=O) groups excluding carboxylic acids is 2. The first kappa shape index (κ1) is 23.4. The van der Waals surface area contributed by atoms with E-state index in [0.717, 1.165) is 18.4 Å². The van der Waals surface area contributed by atoms with Gasteiger partial charge in [-0.15, -0.1) is 0 Å². The highest BCUT2D eigenvalue weighted by atomic mass is 16.5. The number of aliphatic hydroxyl groups excluding tert-OH is 1. The van der Waals surface area contributed by atoms with Crippen molar-refractivity contribution >= 4 is 17.4 Å². The highest BCUT2D eigenvalue weighted by Gasteiger charge is 2.45. The zero-order valence-corrected chi connectivity index (χ0v) is 19.1. The van der Waals surface area contributed by atoms with Crippen molar-refractivity contribution in [2.24, 2.45) is 0 Å². The fourth-order valence-electron chi connectivity index (χ4n) is 3.82. The summed E-state index contributed by atoms with van der Waals surface area (Å²) in [5, 5.41) is 11.1. The summed E-state index contributed by atoms with van der Waals surface area (Å²) in [4.78, 5) is 27.4. The van der Waals surface area contributed by atoms with Crippen molar-refractivity contribution in [1.29, 1.82) is 0 Å². The minimum atomic E-state index is -0.667. The average Bonchev–Trinajstić information content (AvgIpc) is 3.03. The predicted octanol–water partition coefficient (Wildman–Crippen LogP) is 5.09. The van der Waals surface area contributed by atoms with Gasteiger partial charge in [-0.25, -0.2) is 0 Å². The van der Waals surface area contributed by atoms with Crippen LogP contribution in [-0.4, -0.2) is 41.0 Å². The van der Waals surface area contributed by atoms with Gasteiger partial charge < -0.3 is 19.5 Å². The van der Waals surface area contributed by atoms with Crippen LogP contribution in [-0.2, 0) is 9.59 Å². The largest absolute Gasteiger partial charge is 0.507 e. The number of rotatable bonds is 9. The Morgan fingerprint density at radius 2 is 1.62 bits per heavy atom. The Kier molecular flexibility index (Phi) is 7.57. The molecular weight excluding hydrogens is 406 g/mol. The monoisotopic (exact) mass is 437 g/mol. The molecule has 0 radical (unpaired) electrons. The molecule has 1 fully saturated rings. The molecule has 1 aliphatic rings. The molecule has 0 aliphatic carbocycles. The Labute approximate surface area is 189 Å². The summed E-state index contributed by atoms with van der Waals surface area (Å²) in [6.45, 7) is 8.79. The van der Waals surface area contributed by atoms with Crippen molar-refractivity contribution in [2.75, 3.05) is 13.2 Å². The number of Topliss-reactive ketones (excluding diaryl/α,β-unsaturated/α-hetero) is 1. The first-order valence-corrected chi connectivity index (χ1v) is 11.2. The second-order valence-electron chi connectivity index (χ2n) is 8.04. The van der Waals surface area contributed by atoms with E-state index in [1.807, 2.05) is 52.0 Å². The molecule has 2 aromatic carbocycles. The van der Waals surface area contributed by atoms with Crippen LogP contribution in [0.3, 0.4) is 0 Å². The van der Waals surface area contributed by atoms with E-state index in [-0.39, 0.29) is 17.4 Å². The number of benzene rings is 2. The number of aliphatic hydroxyl groups is 1. The Morgan fingerprint density at radius 1 is 1.00 bits per heavy atom. The summed E-state index contributed by atoms with van der Waals surface area (Å²) in [7, 11) is 0. The van der Waals surface area contributed by atoms with Crippen LogP contribution in [0, 0.1) is 0 Å². The van der Waals surface area contributed by atoms with E-state index < -0.39 is 17.7 Å². The van der Waals surface area contributed by atoms with Crippen molar-refractivity contribution in [3.8, 4) is 11.5 Å². The van der Waals surface area contributed by atoms with Crippen molar-refractivity contribution < 1.29 is 24.2 Å². The molecule has 1 unspecified atom stereocenters. The second kappa shape index (κ2) is 10.4. The Bertz CT molecular complexity index is 976.